The first-order chi connectivity index (χ1) is 16.7. The molecule has 0 saturated carbocycles. The number of anilines is 1. The Morgan fingerprint density at radius 2 is 1.86 bits per heavy atom. The summed E-state index contributed by atoms with van der Waals surface area (Å²) in [6, 6.07) is 14.5. The number of aromatic amines is 1. The molecule has 5 aromatic rings. The van der Waals surface area contributed by atoms with Crippen LogP contribution in [0.2, 0.25) is 0 Å². The molecular weight excluding hydrogens is 457 g/mol. The molecule has 2 aromatic heterocycles. The Labute approximate surface area is 197 Å². The highest BCUT2D eigenvalue weighted by atomic mass is 19.4. The average Bonchev–Trinajstić information content (AvgIpc) is 3.22. The van der Waals surface area contributed by atoms with Gasteiger partial charge >= 0.3 is 6.18 Å². The van der Waals surface area contributed by atoms with Crippen LogP contribution in [0.1, 0.15) is 21.5 Å². The lowest BCUT2D eigenvalue weighted by Crippen LogP contribution is -2.15. The number of aromatic nitrogens is 3. The smallest absolute Gasteiger partial charge is 0.419 e. The van der Waals surface area contributed by atoms with Gasteiger partial charge in [0.2, 0.25) is 0 Å². The summed E-state index contributed by atoms with van der Waals surface area (Å²) in [6.07, 6.45) is -1.41. The molecule has 0 atom stereocenters. The van der Waals surface area contributed by atoms with Gasteiger partial charge < -0.3 is 15.0 Å². The minimum absolute atomic E-state index is 0.124. The fourth-order valence-corrected chi connectivity index (χ4v) is 4.09. The molecule has 0 fully saturated rings. The molecule has 0 aliphatic carbocycles. The van der Waals surface area contributed by atoms with Crippen molar-refractivity contribution in [3.63, 3.8) is 0 Å². The maximum absolute atomic E-state index is 13.3. The Balaban J connectivity index is 1.47. The van der Waals surface area contributed by atoms with Crippen LogP contribution in [-0.4, -0.2) is 28.0 Å². The van der Waals surface area contributed by atoms with Gasteiger partial charge in [0.05, 0.1) is 12.7 Å². The predicted molar refractivity (Wildman–Crippen MR) is 128 cm³/mol. The van der Waals surface area contributed by atoms with Crippen molar-refractivity contribution in [2.45, 2.75) is 13.1 Å². The molecule has 6 nitrogen and oxygen atoms in total. The van der Waals surface area contributed by atoms with Crippen LogP contribution in [0.4, 0.5) is 18.9 Å². The molecule has 0 spiro atoms. The molecule has 2 N–H and O–H groups in total. The van der Waals surface area contributed by atoms with Crippen molar-refractivity contribution >= 4 is 33.5 Å². The molecule has 35 heavy (non-hydrogen) atoms. The number of carbonyl (C=O) groups is 1. The zero-order valence-electron chi connectivity index (χ0n) is 18.7. The van der Waals surface area contributed by atoms with Crippen molar-refractivity contribution in [3.05, 3.63) is 83.8 Å². The van der Waals surface area contributed by atoms with Crippen LogP contribution in [0.15, 0.2) is 67.1 Å². The number of hydrogen-bond acceptors (Lipinski definition) is 4. The Morgan fingerprint density at radius 3 is 2.63 bits per heavy atom. The normalized spacial score (nSPS) is 11.7. The minimum Gasteiger partial charge on any atom is -0.496 e. The molecule has 3 aromatic carbocycles. The Bertz CT molecular complexity index is 1590. The number of nitrogens with one attached hydrogen (secondary N) is 2. The van der Waals surface area contributed by atoms with Crippen molar-refractivity contribution < 1.29 is 22.7 Å². The standard InChI is InChI=1S/C26H19F3N4O2/c1-14-3-6-17(32-25(34)16-5-8-23(35-2)21(9-16)26(27,28)29)11-19(14)15-4-7-18-20-12-30-13-31-24(20)33-22(18)10-15/h3-13H,1-2H3,(H,32,34)(H,30,31,33). The summed E-state index contributed by atoms with van der Waals surface area (Å²) in [5.41, 5.74) is 3.72. The number of H-pyrrole nitrogens is 1. The third-order valence-corrected chi connectivity index (χ3v) is 5.85. The first kappa shape index (κ1) is 22.4. The summed E-state index contributed by atoms with van der Waals surface area (Å²) in [5, 5.41) is 4.61. The van der Waals surface area contributed by atoms with E-state index in [-0.39, 0.29) is 11.3 Å². The third-order valence-electron chi connectivity index (χ3n) is 5.85. The summed E-state index contributed by atoms with van der Waals surface area (Å²) in [4.78, 5) is 24.4. The van der Waals surface area contributed by atoms with Crippen LogP contribution in [0, 0.1) is 6.92 Å². The van der Waals surface area contributed by atoms with Crippen molar-refractivity contribution in [2.24, 2.45) is 0 Å². The molecule has 0 aliphatic rings. The molecular formula is C26H19F3N4O2. The third kappa shape index (κ3) is 4.16. The Hall–Kier alpha value is -4.40. The van der Waals surface area contributed by atoms with Gasteiger partial charge in [-0.1, -0.05) is 18.2 Å². The van der Waals surface area contributed by atoms with E-state index in [1.807, 2.05) is 31.2 Å². The number of ether oxygens (including phenoxy) is 1. The zero-order valence-corrected chi connectivity index (χ0v) is 18.7. The number of aryl methyl sites for hydroxylation is 1. The number of hydrogen-bond donors (Lipinski definition) is 2. The summed E-state index contributed by atoms with van der Waals surface area (Å²) in [7, 11) is 1.15. The van der Waals surface area contributed by atoms with Crippen molar-refractivity contribution in [1.82, 2.24) is 15.0 Å². The SMILES string of the molecule is COc1ccc(C(=O)Nc2ccc(C)c(-c3ccc4c(c3)[nH]c3ncncc34)c2)cc1C(F)(F)F. The number of benzene rings is 3. The van der Waals surface area contributed by atoms with Gasteiger partial charge in [-0.25, -0.2) is 9.97 Å². The summed E-state index contributed by atoms with van der Waals surface area (Å²) in [5.74, 6) is -0.998. The molecule has 1 amide bonds. The number of methoxy groups -OCH3 is 1. The van der Waals surface area contributed by atoms with E-state index in [1.165, 1.54) is 12.4 Å². The molecule has 0 saturated heterocycles. The van der Waals surface area contributed by atoms with E-state index in [9.17, 15) is 18.0 Å². The highest BCUT2D eigenvalue weighted by Gasteiger charge is 2.35. The fraction of sp³-hybridized carbons (Fsp3) is 0.115. The van der Waals surface area contributed by atoms with Gasteiger partial charge in [-0.2, -0.15) is 13.2 Å². The van der Waals surface area contributed by atoms with Gasteiger partial charge in [0.1, 0.15) is 17.7 Å². The number of carbonyl (C=O) groups excluding carboxylic acids is 1. The quantitative estimate of drug-likeness (QED) is 0.316. The predicted octanol–water partition coefficient (Wildman–Crippen LogP) is 6.37. The van der Waals surface area contributed by atoms with Crippen LogP contribution in [0.3, 0.4) is 0 Å². The van der Waals surface area contributed by atoms with Gasteiger partial charge in [0, 0.05) is 33.7 Å². The molecule has 0 unspecified atom stereocenters. The number of nitrogens with zero attached hydrogens (tertiary/aromatic N) is 2. The highest BCUT2D eigenvalue weighted by molar-refractivity contribution is 6.07. The van der Waals surface area contributed by atoms with E-state index in [0.29, 0.717) is 5.69 Å². The second kappa shape index (κ2) is 8.43. The number of rotatable bonds is 4. The second-order valence-corrected chi connectivity index (χ2v) is 8.07. The Morgan fingerprint density at radius 1 is 1.03 bits per heavy atom. The molecule has 0 bridgehead atoms. The van der Waals surface area contributed by atoms with E-state index < -0.39 is 17.6 Å². The number of halogens is 3. The first-order valence-electron chi connectivity index (χ1n) is 10.6. The van der Waals surface area contributed by atoms with E-state index in [0.717, 1.165) is 57.9 Å². The van der Waals surface area contributed by atoms with E-state index in [2.05, 4.69) is 20.3 Å². The largest absolute Gasteiger partial charge is 0.496 e. The topological polar surface area (TPSA) is 79.9 Å². The number of amides is 1. The molecule has 0 aliphatic heterocycles. The summed E-state index contributed by atoms with van der Waals surface area (Å²) < 4.78 is 44.8. The molecule has 176 valence electrons. The van der Waals surface area contributed by atoms with E-state index in [4.69, 9.17) is 4.74 Å². The lowest BCUT2D eigenvalue weighted by atomic mass is 9.98. The van der Waals surface area contributed by atoms with Crippen LogP contribution in [0.5, 0.6) is 5.75 Å². The molecule has 0 radical (unpaired) electrons. The highest BCUT2D eigenvalue weighted by Crippen LogP contribution is 2.37. The average molecular weight is 476 g/mol. The van der Waals surface area contributed by atoms with Crippen LogP contribution < -0.4 is 10.1 Å². The summed E-state index contributed by atoms with van der Waals surface area (Å²) >= 11 is 0. The summed E-state index contributed by atoms with van der Waals surface area (Å²) in [6.45, 7) is 1.95. The van der Waals surface area contributed by atoms with Gasteiger partial charge in [0.15, 0.2) is 0 Å². The minimum atomic E-state index is -4.65. The monoisotopic (exact) mass is 476 g/mol. The van der Waals surface area contributed by atoms with Crippen molar-refractivity contribution in [3.8, 4) is 16.9 Å². The van der Waals surface area contributed by atoms with Crippen molar-refractivity contribution in [2.75, 3.05) is 12.4 Å². The van der Waals surface area contributed by atoms with Gasteiger partial charge in [-0.15, -0.1) is 0 Å². The lowest BCUT2D eigenvalue weighted by Gasteiger charge is -2.14. The number of alkyl halides is 3. The maximum Gasteiger partial charge on any atom is 0.419 e. The van der Waals surface area contributed by atoms with Crippen LogP contribution in [0.25, 0.3) is 33.1 Å². The fourth-order valence-electron chi connectivity index (χ4n) is 4.09. The zero-order chi connectivity index (χ0) is 24.7. The van der Waals surface area contributed by atoms with Gasteiger partial charge in [-0.05, 0) is 60.0 Å². The lowest BCUT2D eigenvalue weighted by molar-refractivity contribution is -0.138. The molecule has 2 heterocycles. The van der Waals surface area contributed by atoms with Gasteiger partial charge in [-0.3, -0.25) is 4.79 Å². The molecule has 5 rings (SSSR count). The molecule has 9 heteroatoms. The van der Waals surface area contributed by atoms with Crippen LogP contribution in [-0.2, 0) is 6.18 Å². The number of fused-ring (bicyclic) bond motifs is 3. The van der Waals surface area contributed by atoms with E-state index >= 15 is 0 Å². The first-order valence-corrected chi connectivity index (χ1v) is 10.6. The second-order valence-electron chi connectivity index (χ2n) is 8.07. The van der Waals surface area contributed by atoms with Crippen molar-refractivity contribution in [1.29, 1.82) is 0 Å². The van der Waals surface area contributed by atoms with E-state index in [1.54, 1.807) is 18.3 Å². The van der Waals surface area contributed by atoms with Gasteiger partial charge in [0.25, 0.3) is 5.91 Å². The maximum atomic E-state index is 13.3. The Kier molecular flexibility index (Phi) is 5.39. The van der Waals surface area contributed by atoms with Crippen LogP contribution >= 0.6 is 0 Å².